The van der Waals surface area contributed by atoms with Crippen molar-refractivity contribution in [1.82, 2.24) is 0 Å². The second-order valence-electron chi connectivity index (χ2n) is 8.49. The van der Waals surface area contributed by atoms with Crippen LogP contribution in [0.5, 0.6) is 0 Å². The number of sulfonamides is 1. The number of rotatable bonds is 7. The Morgan fingerprint density at radius 3 is 2.12 bits per heavy atom. The number of hydrogen-bond acceptors (Lipinski definition) is 4. The predicted octanol–water partition coefficient (Wildman–Crippen LogP) is 5.03. The molecule has 34 heavy (non-hydrogen) atoms. The van der Waals surface area contributed by atoms with Crippen LogP contribution in [-0.4, -0.2) is 33.7 Å². The first-order chi connectivity index (χ1) is 16.3. The van der Waals surface area contributed by atoms with E-state index in [0.29, 0.717) is 22.5 Å². The molecule has 0 atom stereocenters. The maximum Gasteiger partial charge on any atom is 0.255 e. The average molecular weight is 482 g/mol. The molecule has 6 nitrogen and oxygen atoms in total. The van der Waals surface area contributed by atoms with Crippen molar-refractivity contribution in [2.75, 3.05) is 33.9 Å². The molecule has 3 aromatic carbocycles. The quantitative estimate of drug-likeness (QED) is 0.514. The molecular formula is C26H28FN3O3S. The van der Waals surface area contributed by atoms with E-state index in [4.69, 9.17) is 0 Å². The average Bonchev–Trinajstić information content (AvgIpc) is 2.84. The molecule has 1 N–H and O–H groups in total. The summed E-state index contributed by atoms with van der Waals surface area (Å²) < 4.78 is 39.2. The van der Waals surface area contributed by atoms with Crippen LogP contribution in [0, 0.1) is 5.82 Å². The molecule has 1 heterocycles. The molecule has 178 valence electrons. The van der Waals surface area contributed by atoms with E-state index >= 15 is 0 Å². The molecule has 0 bridgehead atoms. The van der Waals surface area contributed by atoms with Crippen LogP contribution in [0.1, 0.15) is 35.2 Å². The number of carbonyl (C=O) groups is 1. The monoisotopic (exact) mass is 481 g/mol. The molecule has 0 aliphatic carbocycles. The smallest absolute Gasteiger partial charge is 0.255 e. The minimum atomic E-state index is -3.59. The van der Waals surface area contributed by atoms with Gasteiger partial charge in [0.25, 0.3) is 5.91 Å². The summed E-state index contributed by atoms with van der Waals surface area (Å²) in [6.07, 6.45) is 4.80. The lowest BCUT2D eigenvalue weighted by Gasteiger charge is -2.28. The second kappa shape index (κ2) is 10.3. The Balaban J connectivity index is 1.44. The molecule has 8 heteroatoms. The van der Waals surface area contributed by atoms with E-state index in [9.17, 15) is 17.6 Å². The summed E-state index contributed by atoms with van der Waals surface area (Å²) in [5, 5.41) is 2.89. The predicted molar refractivity (Wildman–Crippen MR) is 134 cm³/mol. The van der Waals surface area contributed by atoms with Crippen LogP contribution in [0.3, 0.4) is 0 Å². The number of nitrogens with zero attached hydrogens (tertiary/aromatic N) is 2. The lowest BCUT2D eigenvalue weighted by molar-refractivity contribution is 0.102. The van der Waals surface area contributed by atoms with Crippen molar-refractivity contribution in [3.05, 3.63) is 89.7 Å². The summed E-state index contributed by atoms with van der Waals surface area (Å²) in [6.45, 7) is 2.18. The zero-order valence-corrected chi connectivity index (χ0v) is 19.9. The Morgan fingerprint density at radius 2 is 1.53 bits per heavy atom. The number of nitrogens with one attached hydrogen (secondary N) is 1. The fourth-order valence-electron chi connectivity index (χ4n) is 4.05. The number of anilines is 3. The van der Waals surface area contributed by atoms with Gasteiger partial charge in [-0.05, 0) is 85.5 Å². The van der Waals surface area contributed by atoms with Gasteiger partial charge in [0.05, 0.1) is 18.5 Å². The number of piperidine rings is 1. The van der Waals surface area contributed by atoms with Crippen molar-refractivity contribution in [1.29, 1.82) is 0 Å². The van der Waals surface area contributed by atoms with Gasteiger partial charge in [-0.25, -0.2) is 12.8 Å². The number of halogens is 1. The highest BCUT2D eigenvalue weighted by Crippen LogP contribution is 2.24. The topological polar surface area (TPSA) is 69.7 Å². The van der Waals surface area contributed by atoms with E-state index in [0.717, 1.165) is 25.0 Å². The van der Waals surface area contributed by atoms with Gasteiger partial charge in [-0.3, -0.25) is 9.10 Å². The highest BCUT2D eigenvalue weighted by atomic mass is 32.2. The zero-order chi connectivity index (χ0) is 24.1. The normalized spacial score (nSPS) is 14.0. The molecule has 0 unspecified atom stereocenters. The minimum Gasteiger partial charge on any atom is -0.372 e. The Morgan fingerprint density at radius 1 is 0.912 bits per heavy atom. The lowest BCUT2D eigenvalue weighted by atomic mass is 10.1. The summed E-state index contributed by atoms with van der Waals surface area (Å²) in [6, 6.07) is 19.9. The van der Waals surface area contributed by atoms with E-state index in [2.05, 4.69) is 10.2 Å². The molecule has 4 rings (SSSR count). The number of hydrogen-bond donors (Lipinski definition) is 1. The van der Waals surface area contributed by atoms with Gasteiger partial charge < -0.3 is 10.2 Å². The highest BCUT2D eigenvalue weighted by Gasteiger charge is 2.19. The Labute approximate surface area is 200 Å². The summed E-state index contributed by atoms with van der Waals surface area (Å²) in [7, 11) is -3.59. The van der Waals surface area contributed by atoms with E-state index in [1.54, 1.807) is 36.4 Å². The summed E-state index contributed by atoms with van der Waals surface area (Å²) in [4.78, 5) is 15.1. The minimum absolute atomic E-state index is 0.0635. The standard InChI is InChI=1S/C26H28FN3O3S/c1-34(32,33)30(19-20-5-9-22(27)10-6-20)25-13-7-21(8-14-25)26(31)28-23-11-15-24(16-12-23)29-17-3-2-4-18-29/h5-16H,2-4,17-19H2,1H3,(H,28,31). The van der Waals surface area contributed by atoms with E-state index in [-0.39, 0.29) is 18.3 Å². The largest absolute Gasteiger partial charge is 0.372 e. The Hall–Kier alpha value is -3.39. The van der Waals surface area contributed by atoms with Crippen molar-refractivity contribution in [3.8, 4) is 0 Å². The Bertz CT molecular complexity index is 1220. The second-order valence-corrected chi connectivity index (χ2v) is 10.4. The van der Waals surface area contributed by atoms with E-state index in [1.807, 2.05) is 24.3 Å². The first-order valence-electron chi connectivity index (χ1n) is 11.3. The van der Waals surface area contributed by atoms with Crippen molar-refractivity contribution in [2.45, 2.75) is 25.8 Å². The third-order valence-electron chi connectivity index (χ3n) is 5.90. The number of amides is 1. The van der Waals surface area contributed by atoms with Gasteiger partial charge in [-0.15, -0.1) is 0 Å². The highest BCUT2D eigenvalue weighted by molar-refractivity contribution is 7.92. The molecular weight excluding hydrogens is 453 g/mol. The van der Waals surface area contributed by atoms with Crippen LogP contribution in [0.2, 0.25) is 0 Å². The van der Waals surface area contributed by atoms with E-state index in [1.165, 1.54) is 35.7 Å². The SMILES string of the molecule is CS(=O)(=O)N(Cc1ccc(F)cc1)c1ccc(C(=O)Nc2ccc(N3CCCCC3)cc2)cc1. The van der Waals surface area contributed by atoms with Crippen LogP contribution in [-0.2, 0) is 16.6 Å². The van der Waals surface area contributed by atoms with E-state index < -0.39 is 10.0 Å². The van der Waals surface area contributed by atoms with Crippen LogP contribution < -0.4 is 14.5 Å². The van der Waals surface area contributed by atoms with Gasteiger partial charge in [0, 0.05) is 30.0 Å². The molecule has 1 aliphatic rings. The van der Waals surface area contributed by atoms with Crippen molar-refractivity contribution in [2.24, 2.45) is 0 Å². The molecule has 1 amide bonds. The Kier molecular flexibility index (Phi) is 7.17. The van der Waals surface area contributed by atoms with Gasteiger partial charge >= 0.3 is 0 Å². The molecule has 0 aromatic heterocycles. The van der Waals surface area contributed by atoms with Crippen molar-refractivity contribution in [3.63, 3.8) is 0 Å². The molecule has 1 fully saturated rings. The first-order valence-corrected chi connectivity index (χ1v) is 13.1. The van der Waals surface area contributed by atoms with Crippen LogP contribution in [0.15, 0.2) is 72.8 Å². The third-order valence-corrected chi connectivity index (χ3v) is 7.04. The molecule has 0 radical (unpaired) electrons. The van der Waals surface area contributed by atoms with Gasteiger partial charge in [-0.2, -0.15) is 0 Å². The lowest BCUT2D eigenvalue weighted by Crippen LogP contribution is -2.29. The zero-order valence-electron chi connectivity index (χ0n) is 19.1. The fourth-order valence-corrected chi connectivity index (χ4v) is 4.93. The molecule has 3 aromatic rings. The van der Waals surface area contributed by atoms with Crippen LogP contribution >= 0.6 is 0 Å². The number of carbonyl (C=O) groups excluding carboxylic acids is 1. The summed E-state index contributed by atoms with van der Waals surface area (Å²) >= 11 is 0. The molecule has 0 saturated carbocycles. The fraction of sp³-hybridized carbons (Fsp3) is 0.269. The molecule has 1 aliphatic heterocycles. The van der Waals surface area contributed by atoms with Crippen LogP contribution in [0.25, 0.3) is 0 Å². The van der Waals surface area contributed by atoms with Crippen LogP contribution in [0.4, 0.5) is 21.5 Å². The summed E-state index contributed by atoms with van der Waals surface area (Å²) in [5.41, 5.74) is 3.35. The maximum atomic E-state index is 13.2. The van der Waals surface area contributed by atoms with Gasteiger partial charge in [0.1, 0.15) is 5.82 Å². The van der Waals surface area contributed by atoms with Crippen molar-refractivity contribution < 1.29 is 17.6 Å². The maximum absolute atomic E-state index is 13.2. The van der Waals surface area contributed by atoms with Gasteiger partial charge in [-0.1, -0.05) is 12.1 Å². The number of benzene rings is 3. The van der Waals surface area contributed by atoms with Crippen molar-refractivity contribution >= 4 is 33.0 Å². The van der Waals surface area contributed by atoms with Gasteiger partial charge in [0.2, 0.25) is 10.0 Å². The molecule has 1 saturated heterocycles. The molecule has 0 spiro atoms. The summed E-state index contributed by atoms with van der Waals surface area (Å²) in [5.74, 6) is -0.659. The van der Waals surface area contributed by atoms with Gasteiger partial charge in [0.15, 0.2) is 0 Å². The first kappa shape index (κ1) is 23.8. The third kappa shape index (κ3) is 5.94.